The molecule has 0 radical (unpaired) electrons. The van der Waals surface area contributed by atoms with Gasteiger partial charge in [0.15, 0.2) is 5.13 Å². The second kappa shape index (κ2) is 10.2. The molecule has 2 aliphatic heterocycles. The number of amides is 1. The Kier molecular flexibility index (Phi) is 8.49. The van der Waals surface area contributed by atoms with Crippen molar-refractivity contribution in [3.05, 3.63) is 11.1 Å². The quantitative estimate of drug-likeness (QED) is 0.771. The van der Waals surface area contributed by atoms with Crippen molar-refractivity contribution >= 4 is 34.8 Å². The summed E-state index contributed by atoms with van der Waals surface area (Å²) in [6.07, 6.45) is 4.54. The molecule has 2 N–H and O–H groups in total. The molecular formula is C19H33ClN4O2S. The van der Waals surface area contributed by atoms with Gasteiger partial charge in [-0.25, -0.2) is 4.98 Å². The highest BCUT2D eigenvalue weighted by Gasteiger charge is 2.34. The van der Waals surface area contributed by atoms with Crippen LogP contribution in [0.5, 0.6) is 0 Å². The molecule has 154 valence electrons. The summed E-state index contributed by atoms with van der Waals surface area (Å²) in [7, 11) is 0. The summed E-state index contributed by atoms with van der Waals surface area (Å²) in [6.45, 7) is 12.1. The molecule has 2 fully saturated rings. The van der Waals surface area contributed by atoms with Crippen LogP contribution in [0.2, 0.25) is 0 Å². The fraction of sp³-hybridized carbons (Fsp3) is 0.789. The number of carbonyl (C=O) groups is 1. The van der Waals surface area contributed by atoms with Crippen LogP contribution < -0.4 is 10.6 Å². The zero-order chi connectivity index (χ0) is 18.7. The van der Waals surface area contributed by atoms with Crippen molar-refractivity contribution in [1.29, 1.82) is 0 Å². The minimum atomic E-state index is -0.157. The zero-order valence-electron chi connectivity index (χ0n) is 16.7. The first-order valence-electron chi connectivity index (χ1n) is 9.81. The van der Waals surface area contributed by atoms with Gasteiger partial charge < -0.3 is 15.4 Å². The minimum absolute atomic E-state index is 0. The maximum atomic E-state index is 13.0. The largest absolute Gasteiger partial charge is 0.373 e. The van der Waals surface area contributed by atoms with Gasteiger partial charge in [-0.1, -0.05) is 13.8 Å². The number of carbonyl (C=O) groups excluding carboxylic acids is 1. The molecule has 0 spiro atoms. The number of morpholine rings is 1. The third-order valence-corrected chi connectivity index (χ3v) is 6.31. The number of hydrogen-bond acceptors (Lipinski definition) is 6. The van der Waals surface area contributed by atoms with E-state index >= 15 is 0 Å². The standard InChI is InChI=1S/C19H32N4O2S.ClH/c1-12(2)17(23-10-13(3)25-14(4)11-23)18(24)22-19-21-9-16(26-19)15-5-7-20-8-6-15;/h9,12-15,17,20H,5-8,10-11H2,1-4H3,(H,21,22,24);1H. The number of piperidine rings is 1. The Balaban J connectivity index is 0.00000261. The SMILES string of the molecule is CC1CN(C(C(=O)Nc2ncc(C3CCNCC3)s2)C(C)C)CC(C)O1.Cl. The van der Waals surface area contributed by atoms with Crippen LogP contribution in [-0.4, -0.2) is 60.2 Å². The lowest BCUT2D eigenvalue weighted by atomic mass is 9.97. The number of nitrogens with zero attached hydrogens (tertiary/aromatic N) is 2. The van der Waals surface area contributed by atoms with Crippen LogP contribution in [0.4, 0.5) is 5.13 Å². The van der Waals surface area contributed by atoms with Gasteiger partial charge in [-0.15, -0.1) is 23.7 Å². The van der Waals surface area contributed by atoms with Gasteiger partial charge in [0, 0.05) is 24.2 Å². The molecular weight excluding hydrogens is 384 g/mol. The molecule has 3 atom stereocenters. The van der Waals surface area contributed by atoms with E-state index in [1.54, 1.807) is 11.3 Å². The van der Waals surface area contributed by atoms with Gasteiger partial charge in [0.2, 0.25) is 5.91 Å². The van der Waals surface area contributed by atoms with Gasteiger partial charge in [-0.05, 0) is 51.6 Å². The molecule has 0 bridgehead atoms. The zero-order valence-corrected chi connectivity index (χ0v) is 18.4. The first-order chi connectivity index (χ1) is 12.4. The van der Waals surface area contributed by atoms with E-state index in [4.69, 9.17) is 4.74 Å². The van der Waals surface area contributed by atoms with Crippen LogP contribution in [0.15, 0.2) is 6.20 Å². The van der Waals surface area contributed by atoms with Gasteiger partial charge in [-0.3, -0.25) is 9.69 Å². The van der Waals surface area contributed by atoms with Crippen molar-refractivity contribution in [3.63, 3.8) is 0 Å². The number of anilines is 1. The number of aromatic nitrogens is 1. The van der Waals surface area contributed by atoms with Crippen molar-refractivity contribution in [2.75, 3.05) is 31.5 Å². The molecule has 0 saturated carbocycles. The fourth-order valence-corrected chi connectivity index (χ4v) is 5.14. The van der Waals surface area contributed by atoms with Crippen LogP contribution in [0, 0.1) is 5.92 Å². The summed E-state index contributed by atoms with van der Waals surface area (Å²) in [6, 6.07) is -0.157. The van der Waals surface area contributed by atoms with E-state index in [1.807, 2.05) is 6.20 Å². The summed E-state index contributed by atoms with van der Waals surface area (Å²) >= 11 is 1.63. The Morgan fingerprint density at radius 3 is 2.52 bits per heavy atom. The lowest BCUT2D eigenvalue weighted by Gasteiger charge is -2.40. The predicted octanol–water partition coefficient (Wildman–Crippen LogP) is 3.10. The Morgan fingerprint density at radius 1 is 1.30 bits per heavy atom. The summed E-state index contributed by atoms with van der Waals surface area (Å²) in [5.41, 5.74) is 0. The fourth-order valence-electron chi connectivity index (χ4n) is 4.15. The number of thiazole rings is 1. The average molecular weight is 417 g/mol. The van der Waals surface area contributed by atoms with Crippen molar-refractivity contribution in [2.24, 2.45) is 5.92 Å². The summed E-state index contributed by atoms with van der Waals surface area (Å²) in [5.74, 6) is 0.852. The molecule has 0 aromatic carbocycles. The number of nitrogens with one attached hydrogen (secondary N) is 2. The molecule has 3 unspecified atom stereocenters. The van der Waals surface area contributed by atoms with E-state index in [-0.39, 0.29) is 42.5 Å². The number of halogens is 1. The third kappa shape index (κ3) is 5.87. The molecule has 8 heteroatoms. The lowest BCUT2D eigenvalue weighted by Crippen LogP contribution is -2.55. The Morgan fingerprint density at radius 2 is 1.93 bits per heavy atom. The second-order valence-corrected chi connectivity index (χ2v) is 9.04. The van der Waals surface area contributed by atoms with Gasteiger partial charge in [0.05, 0.1) is 18.2 Å². The van der Waals surface area contributed by atoms with Crippen LogP contribution in [0.3, 0.4) is 0 Å². The van der Waals surface area contributed by atoms with E-state index in [2.05, 4.69) is 48.2 Å². The Labute approximate surface area is 172 Å². The summed E-state index contributed by atoms with van der Waals surface area (Å²) in [4.78, 5) is 21.0. The van der Waals surface area contributed by atoms with Crippen molar-refractivity contribution < 1.29 is 9.53 Å². The van der Waals surface area contributed by atoms with E-state index in [1.165, 1.54) is 4.88 Å². The van der Waals surface area contributed by atoms with Crippen molar-refractivity contribution in [3.8, 4) is 0 Å². The smallest absolute Gasteiger partial charge is 0.243 e. The minimum Gasteiger partial charge on any atom is -0.373 e. The molecule has 3 rings (SSSR count). The molecule has 1 aromatic rings. The molecule has 6 nitrogen and oxygen atoms in total. The average Bonchev–Trinajstić information content (AvgIpc) is 3.03. The lowest BCUT2D eigenvalue weighted by molar-refractivity contribution is -0.130. The Bertz CT molecular complexity index is 596. The molecule has 27 heavy (non-hydrogen) atoms. The van der Waals surface area contributed by atoms with Gasteiger partial charge >= 0.3 is 0 Å². The highest BCUT2D eigenvalue weighted by atomic mass is 35.5. The van der Waals surface area contributed by atoms with E-state index < -0.39 is 0 Å². The molecule has 0 aliphatic carbocycles. The highest BCUT2D eigenvalue weighted by molar-refractivity contribution is 7.15. The van der Waals surface area contributed by atoms with Gasteiger partial charge in [0.1, 0.15) is 0 Å². The topological polar surface area (TPSA) is 66.5 Å². The van der Waals surface area contributed by atoms with Crippen LogP contribution >= 0.6 is 23.7 Å². The van der Waals surface area contributed by atoms with Crippen LogP contribution in [-0.2, 0) is 9.53 Å². The third-order valence-electron chi connectivity index (χ3n) is 5.24. The first kappa shape index (κ1) is 22.6. The highest BCUT2D eigenvalue weighted by Crippen LogP contribution is 2.32. The van der Waals surface area contributed by atoms with Crippen molar-refractivity contribution in [2.45, 2.75) is 64.7 Å². The maximum Gasteiger partial charge on any atom is 0.243 e. The second-order valence-electron chi connectivity index (χ2n) is 7.98. The van der Waals surface area contributed by atoms with Crippen LogP contribution in [0.25, 0.3) is 0 Å². The normalized spacial score (nSPS) is 25.8. The number of ether oxygens (including phenoxy) is 1. The molecule has 3 heterocycles. The maximum absolute atomic E-state index is 13.0. The van der Waals surface area contributed by atoms with Crippen LogP contribution in [0.1, 0.15) is 51.3 Å². The number of hydrogen-bond donors (Lipinski definition) is 2. The molecule has 1 amide bonds. The first-order valence-corrected chi connectivity index (χ1v) is 10.6. The summed E-state index contributed by atoms with van der Waals surface area (Å²) in [5, 5.41) is 7.20. The molecule has 2 saturated heterocycles. The summed E-state index contributed by atoms with van der Waals surface area (Å²) < 4.78 is 5.83. The van der Waals surface area contributed by atoms with Gasteiger partial charge in [0.25, 0.3) is 0 Å². The van der Waals surface area contributed by atoms with Gasteiger partial charge in [-0.2, -0.15) is 0 Å². The molecule has 1 aromatic heterocycles. The van der Waals surface area contributed by atoms with Crippen molar-refractivity contribution in [1.82, 2.24) is 15.2 Å². The van der Waals surface area contributed by atoms with E-state index in [9.17, 15) is 4.79 Å². The predicted molar refractivity (Wildman–Crippen MR) is 113 cm³/mol. The molecule has 2 aliphatic rings. The Hall–Kier alpha value is -0.730. The number of rotatable bonds is 5. The van der Waals surface area contributed by atoms with E-state index in [0.29, 0.717) is 5.92 Å². The monoisotopic (exact) mass is 416 g/mol. The van der Waals surface area contributed by atoms with E-state index in [0.717, 1.165) is 44.2 Å².